The van der Waals surface area contributed by atoms with E-state index in [1.165, 1.54) is 16.8 Å². The average Bonchev–Trinajstić information content (AvgIpc) is 2.03. The van der Waals surface area contributed by atoms with Crippen molar-refractivity contribution in [3.8, 4) is 5.75 Å². The molecule has 0 bridgehead atoms. The molecular formula is C11H19Cl2NOZn. The Bertz CT molecular complexity index is 296. The van der Waals surface area contributed by atoms with Crippen LogP contribution in [0.2, 0.25) is 0 Å². The van der Waals surface area contributed by atoms with Gasteiger partial charge in [0.15, 0.2) is 0 Å². The van der Waals surface area contributed by atoms with E-state index in [1.807, 2.05) is 14.1 Å². The SMILES string of the molecule is COc1c(C)cc(N(C)C)cc1C.Cl.Cl.[Zn]. The quantitative estimate of drug-likeness (QED) is 0.777. The molecule has 0 aliphatic rings. The Morgan fingerprint density at radius 1 is 1.00 bits per heavy atom. The largest absolute Gasteiger partial charge is 0.496 e. The van der Waals surface area contributed by atoms with Crippen LogP contribution in [-0.2, 0) is 19.5 Å². The summed E-state index contributed by atoms with van der Waals surface area (Å²) < 4.78 is 5.29. The summed E-state index contributed by atoms with van der Waals surface area (Å²) in [5, 5.41) is 0. The molecule has 0 radical (unpaired) electrons. The Labute approximate surface area is 123 Å². The van der Waals surface area contributed by atoms with Gasteiger partial charge in [-0.05, 0) is 37.1 Å². The van der Waals surface area contributed by atoms with Crippen LogP contribution in [0.15, 0.2) is 12.1 Å². The maximum atomic E-state index is 5.29. The monoisotopic (exact) mass is 315 g/mol. The fourth-order valence-electron chi connectivity index (χ4n) is 1.51. The van der Waals surface area contributed by atoms with Gasteiger partial charge in [-0.2, -0.15) is 0 Å². The number of nitrogens with zero attached hydrogens (tertiary/aromatic N) is 1. The first-order chi connectivity index (χ1) is 6.06. The zero-order chi connectivity index (χ0) is 10.0. The van der Waals surface area contributed by atoms with E-state index in [9.17, 15) is 0 Å². The van der Waals surface area contributed by atoms with Gasteiger partial charge in [-0.3, -0.25) is 0 Å². The summed E-state index contributed by atoms with van der Waals surface area (Å²) in [6.45, 7) is 4.14. The molecule has 0 aliphatic heterocycles. The normalized spacial score (nSPS) is 8.06. The van der Waals surface area contributed by atoms with E-state index in [1.54, 1.807) is 7.11 Å². The number of aryl methyl sites for hydroxylation is 2. The number of ether oxygens (including phenoxy) is 1. The Kier molecular flexibility index (Phi) is 12.1. The van der Waals surface area contributed by atoms with E-state index in [0.29, 0.717) is 0 Å². The Balaban J connectivity index is -0.000000563. The van der Waals surface area contributed by atoms with Crippen molar-refractivity contribution in [1.29, 1.82) is 0 Å². The van der Waals surface area contributed by atoms with Crippen molar-refractivity contribution in [2.45, 2.75) is 13.8 Å². The fourth-order valence-corrected chi connectivity index (χ4v) is 1.51. The molecule has 0 saturated heterocycles. The number of hydrogen-bond donors (Lipinski definition) is 0. The summed E-state index contributed by atoms with van der Waals surface area (Å²) in [6, 6.07) is 4.26. The Hall–Kier alpha value is 0.0234. The molecule has 0 spiro atoms. The van der Waals surface area contributed by atoms with Crippen molar-refractivity contribution >= 4 is 30.5 Å². The second-order valence-electron chi connectivity index (χ2n) is 3.51. The number of rotatable bonds is 2. The maximum Gasteiger partial charge on any atom is 0.124 e. The van der Waals surface area contributed by atoms with E-state index in [2.05, 4.69) is 30.9 Å². The molecule has 0 unspecified atom stereocenters. The van der Waals surface area contributed by atoms with Crippen LogP contribution in [0.1, 0.15) is 11.1 Å². The second kappa shape index (κ2) is 9.09. The zero-order valence-electron chi connectivity index (χ0n) is 10.5. The molecule has 0 N–H and O–H groups in total. The summed E-state index contributed by atoms with van der Waals surface area (Å²) in [6.07, 6.45) is 0. The minimum atomic E-state index is 0. The third kappa shape index (κ3) is 4.90. The summed E-state index contributed by atoms with van der Waals surface area (Å²) in [7, 11) is 5.80. The number of methoxy groups -OCH3 is 1. The van der Waals surface area contributed by atoms with Crippen LogP contribution in [0.25, 0.3) is 0 Å². The number of halogens is 2. The van der Waals surface area contributed by atoms with Gasteiger partial charge in [0.25, 0.3) is 0 Å². The first-order valence-corrected chi connectivity index (χ1v) is 4.39. The van der Waals surface area contributed by atoms with E-state index in [0.717, 1.165) is 5.75 Å². The third-order valence-corrected chi connectivity index (χ3v) is 2.17. The number of anilines is 1. The van der Waals surface area contributed by atoms with Crippen molar-refractivity contribution in [2.24, 2.45) is 0 Å². The predicted octanol–water partition coefficient (Wildman–Crippen LogP) is 3.22. The summed E-state index contributed by atoms with van der Waals surface area (Å²) in [5.74, 6) is 0.991. The molecule has 0 heterocycles. The first-order valence-electron chi connectivity index (χ1n) is 4.39. The van der Waals surface area contributed by atoms with Gasteiger partial charge in [0, 0.05) is 39.3 Å². The van der Waals surface area contributed by atoms with Crippen molar-refractivity contribution in [3.63, 3.8) is 0 Å². The first kappa shape index (κ1) is 21.3. The smallest absolute Gasteiger partial charge is 0.124 e. The molecule has 0 atom stereocenters. The van der Waals surface area contributed by atoms with Gasteiger partial charge >= 0.3 is 0 Å². The molecule has 1 aromatic rings. The number of benzene rings is 1. The second-order valence-corrected chi connectivity index (χ2v) is 3.51. The minimum absolute atomic E-state index is 0. The van der Waals surface area contributed by atoms with Crippen molar-refractivity contribution in [3.05, 3.63) is 23.3 Å². The summed E-state index contributed by atoms with van der Waals surface area (Å²) in [4.78, 5) is 2.10. The van der Waals surface area contributed by atoms with Crippen LogP contribution >= 0.6 is 24.8 Å². The molecular weight excluding hydrogens is 298 g/mol. The molecule has 5 heteroatoms. The van der Waals surface area contributed by atoms with E-state index in [-0.39, 0.29) is 44.3 Å². The molecule has 1 aromatic carbocycles. The Morgan fingerprint density at radius 2 is 1.38 bits per heavy atom. The van der Waals surface area contributed by atoms with Crippen molar-refractivity contribution in [1.82, 2.24) is 0 Å². The molecule has 0 amide bonds. The molecule has 0 aromatic heterocycles. The average molecular weight is 318 g/mol. The van der Waals surface area contributed by atoms with Gasteiger partial charge in [-0.15, -0.1) is 24.8 Å². The van der Waals surface area contributed by atoms with E-state index >= 15 is 0 Å². The van der Waals surface area contributed by atoms with Gasteiger partial charge in [0.2, 0.25) is 0 Å². The van der Waals surface area contributed by atoms with Gasteiger partial charge in [-0.1, -0.05) is 0 Å². The van der Waals surface area contributed by atoms with Crippen LogP contribution in [0.5, 0.6) is 5.75 Å². The minimum Gasteiger partial charge on any atom is -0.496 e. The molecule has 2 nitrogen and oxygen atoms in total. The van der Waals surface area contributed by atoms with E-state index in [4.69, 9.17) is 4.74 Å². The van der Waals surface area contributed by atoms with Gasteiger partial charge in [0.1, 0.15) is 5.75 Å². The van der Waals surface area contributed by atoms with E-state index < -0.39 is 0 Å². The predicted molar refractivity (Wildman–Crippen MR) is 71.3 cm³/mol. The van der Waals surface area contributed by atoms with Gasteiger partial charge < -0.3 is 9.64 Å². The Morgan fingerprint density at radius 3 is 1.62 bits per heavy atom. The molecule has 16 heavy (non-hydrogen) atoms. The van der Waals surface area contributed by atoms with Crippen molar-refractivity contribution < 1.29 is 24.2 Å². The van der Waals surface area contributed by atoms with Crippen molar-refractivity contribution in [2.75, 3.05) is 26.1 Å². The zero-order valence-corrected chi connectivity index (χ0v) is 15.1. The van der Waals surface area contributed by atoms with Crippen LogP contribution in [0, 0.1) is 13.8 Å². The van der Waals surface area contributed by atoms with Gasteiger partial charge in [0.05, 0.1) is 7.11 Å². The molecule has 90 valence electrons. The van der Waals surface area contributed by atoms with Crippen LogP contribution in [-0.4, -0.2) is 21.2 Å². The van der Waals surface area contributed by atoms with Gasteiger partial charge in [-0.25, -0.2) is 0 Å². The summed E-state index contributed by atoms with van der Waals surface area (Å²) in [5.41, 5.74) is 3.59. The summed E-state index contributed by atoms with van der Waals surface area (Å²) >= 11 is 0. The fraction of sp³-hybridized carbons (Fsp3) is 0.455. The molecule has 0 aliphatic carbocycles. The third-order valence-electron chi connectivity index (χ3n) is 2.17. The van der Waals surface area contributed by atoms with Crippen LogP contribution in [0.4, 0.5) is 5.69 Å². The van der Waals surface area contributed by atoms with Crippen LogP contribution in [0.3, 0.4) is 0 Å². The van der Waals surface area contributed by atoms with Crippen LogP contribution < -0.4 is 9.64 Å². The molecule has 1 rings (SSSR count). The molecule has 0 fully saturated rings. The maximum absolute atomic E-state index is 5.29. The topological polar surface area (TPSA) is 12.5 Å². The number of hydrogen-bond acceptors (Lipinski definition) is 2. The standard InChI is InChI=1S/C11H17NO.2ClH.Zn/c1-8-6-10(12(3)4)7-9(2)11(8)13-5;;;/h6-7H,1-5H3;2*1H;. The molecule has 0 saturated carbocycles.